The fourth-order valence-electron chi connectivity index (χ4n) is 2.27. The quantitative estimate of drug-likeness (QED) is 0.607. The number of hydrogen-bond acceptors (Lipinski definition) is 1. The first kappa shape index (κ1) is 14.2. The van der Waals surface area contributed by atoms with Crippen molar-refractivity contribution in [3.8, 4) is 0 Å². The number of unbranched alkanes of at least 4 members (excludes halogenated alkanes) is 2. The second kappa shape index (κ2) is 8.27. The maximum atomic E-state index is 11.4. The third kappa shape index (κ3) is 5.86. The summed E-state index contributed by atoms with van der Waals surface area (Å²) in [5.41, 5.74) is 2.82. The highest BCUT2D eigenvalue weighted by atomic mass is 16.1. The molecule has 1 nitrogen and oxygen atoms in total. The van der Waals surface area contributed by atoms with Crippen LogP contribution in [0.25, 0.3) is 0 Å². The molecule has 0 unspecified atom stereocenters. The molecule has 1 aliphatic carbocycles. The zero-order valence-corrected chi connectivity index (χ0v) is 11.4. The van der Waals surface area contributed by atoms with Gasteiger partial charge in [-0.05, 0) is 50.2 Å². The van der Waals surface area contributed by atoms with Gasteiger partial charge in [-0.2, -0.15) is 0 Å². The molecule has 0 aromatic rings. The van der Waals surface area contributed by atoms with E-state index in [1.165, 1.54) is 44.1 Å². The molecule has 1 rings (SSSR count). The Kier molecular flexibility index (Phi) is 6.91. The van der Waals surface area contributed by atoms with Crippen LogP contribution in [0.4, 0.5) is 0 Å². The fourth-order valence-corrected chi connectivity index (χ4v) is 2.27. The van der Waals surface area contributed by atoms with Gasteiger partial charge in [-0.1, -0.05) is 38.3 Å². The lowest BCUT2D eigenvalue weighted by Gasteiger charge is -2.12. The van der Waals surface area contributed by atoms with Crippen LogP contribution in [-0.2, 0) is 4.79 Å². The van der Waals surface area contributed by atoms with E-state index in [0.29, 0.717) is 5.78 Å². The SMILES string of the molecule is CCCCC(=CC1=CC(=O)CCC1)CCCC. The Bertz CT molecular complexity index is 287. The summed E-state index contributed by atoms with van der Waals surface area (Å²) in [5.74, 6) is 0.313. The number of carbonyl (C=O) groups excluding carboxylic acids is 1. The van der Waals surface area contributed by atoms with Gasteiger partial charge in [-0.25, -0.2) is 0 Å². The van der Waals surface area contributed by atoms with E-state index >= 15 is 0 Å². The molecule has 0 radical (unpaired) electrons. The molecule has 0 aromatic heterocycles. The van der Waals surface area contributed by atoms with E-state index in [1.54, 1.807) is 5.57 Å². The summed E-state index contributed by atoms with van der Waals surface area (Å²) >= 11 is 0. The van der Waals surface area contributed by atoms with Crippen LogP contribution >= 0.6 is 0 Å². The van der Waals surface area contributed by atoms with E-state index in [-0.39, 0.29) is 0 Å². The Hall–Kier alpha value is -0.850. The first-order valence-electron chi connectivity index (χ1n) is 7.19. The predicted octanol–water partition coefficient (Wildman–Crippen LogP) is 4.97. The highest BCUT2D eigenvalue weighted by Crippen LogP contribution is 2.22. The van der Waals surface area contributed by atoms with Gasteiger partial charge in [-0.15, -0.1) is 0 Å². The van der Waals surface area contributed by atoms with E-state index in [9.17, 15) is 4.79 Å². The summed E-state index contributed by atoms with van der Waals surface area (Å²) in [6, 6.07) is 0. The van der Waals surface area contributed by atoms with Gasteiger partial charge in [0.05, 0.1) is 0 Å². The van der Waals surface area contributed by atoms with Gasteiger partial charge in [0.1, 0.15) is 0 Å². The summed E-state index contributed by atoms with van der Waals surface area (Å²) in [7, 11) is 0. The molecule has 0 aromatic carbocycles. The summed E-state index contributed by atoms with van der Waals surface area (Å²) < 4.78 is 0. The van der Waals surface area contributed by atoms with Crippen LogP contribution in [0, 0.1) is 0 Å². The number of ketones is 1. The Morgan fingerprint density at radius 3 is 2.35 bits per heavy atom. The zero-order chi connectivity index (χ0) is 12.5. The third-order valence-electron chi connectivity index (χ3n) is 3.33. The van der Waals surface area contributed by atoms with Crippen LogP contribution in [0.5, 0.6) is 0 Å². The lowest BCUT2D eigenvalue weighted by molar-refractivity contribution is -0.115. The molecule has 0 aliphatic heterocycles. The second-order valence-corrected chi connectivity index (χ2v) is 5.05. The first-order valence-corrected chi connectivity index (χ1v) is 7.19. The predicted molar refractivity (Wildman–Crippen MR) is 74.1 cm³/mol. The van der Waals surface area contributed by atoms with Crippen molar-refractivity contribution in [3.63, 3.8) is 0 Å². The Balaban J connectivity index is 2.62. The van der Waals surface area contributed by atoms with Gasteiger partial charge in [0.15, 0.2) is 5.78 Å². The summed E-state index contributed by atoms with van der Waals surface area (Å²) in [5, 5.41) is 0. The standard InChI is InChI=1S/C16H26O/c1-3-5-8-14(9-6-4-2)12-15-10-7-11-16(17)13-15/h12-13H,3-11H2,1-2H3. The first-order chi connectivity index (χ1) is 8.26. The van der Waals surface area contributed by atoms with Gasteiger partial charge < -0.3 is 0 Å². The average Bonchev–Trinajstić information content (AvgIpc) is 2.32. The fraction of sp³-hybridized carbons (Fsp3) is 0.688. The molecule has 0 heterocycles. The summed E-state index contributed by atoms with van der Waals surface area (Å²) in [6.45, 7) is 4.47. The van der Waals surface area contributed by atoms with Crippen LogP contribution in [0.2, 0.25) is 0 Å². The van der Waals surface area contributed by atoms with E-state index in [0.717, 1.165) is 19.3 Å². The minimum absolute atomic E-state index is 0.313. The van der Waals surface area contributed by atoms with Gasteiger partial charge >= 0.3 is 0 Å². The van der Waals surface area contributed by atoms with E-state index in [2.05, 4.69) is 19.9 Å². The van der Waals surface area contributed by atoms with Gasteiger partial charge in [0.25, 0.3) is 0 Å². The monoisotopic (exact) mass is 234 g/mol. The lowest BCUT2D eigenvalue weighted by Crippen LogP contribution is -2.01. The molecular formula is C16H26O. The largest absolute Gasteiger partial charge is 0.295 e. The van der Waals surface area contributed by atoms with Gasteiger partial charge in [-0.3, -0.25) is 4.79 Å². The van der Waals surface area contributed by atoms with Gasteiger partial charge in [0, 0.05) is 6.42 Å². The van der Waals surface area contributed by atoms with Crippen LogP contribution < -0.4 is 0 Å². The second-order valence-electron chi connectivity index (χ2n) is 5.05. The van der Waals surface area contributed by atoms with E-state index in [1.807, 2.05) is 6.08 Å². The summed E-state index contributed by atoms with van der Waals surface area (Å²) in [4.78, 5) is 11.4. The normalized spacial score (nSPS) is 15.6. The van der Waals surface area contributed by atoms with Crippen molar-refractivity contribution in [1.29, 1.82) is 0 Å². The molecule has 0 spiro atoms. The number of allylic oxidation sites excluding steroid dienone is 4. The van der Waals surface area contributed by atoms with Crippen molar-refractivity contribution in [2.75, 3.05) is 0 Å². The van der Waals surface area contributed by atoms with Crippen LogP contribution in [0.15, 0.2) is 23.3 Å². The number of carbonyl (C=O) groups is 1. The van der Waals surface area contributed by atoms with Crippen molar-refractivity contribution in [2.24, 2.45) is 0 Å². The lowest BCUT2D eigenvalue weighted by atomic mass is 9.94. The Morgan fingerprint density at radius 1 is 1.18 bits per heavy atom. The van der Waals surface area contributed by atoms with Crippen molar-refractivity contribution < 1.29 is 4.79 Å². The molecule has 0 fully saturated rings. The van der Waals surface area contributed by atoms with Crippen LogP contribution in [0.3, 0.4) is 0 Å². The molecule has 0 bridgehead atoms. The maximum Gasteiger partial charge on any atom is 0.155 e. The topological polar surface area (TPSA) is 17.1 Å². The molecule has 0 N–H and O–H groups in total. The molecule has 96 valence electrons. The molecule has 0 amide bonds. The molecule has 0 saturated heterocycles. The molecule has 0 atom stereocenters. The molecule has 17 heavy (non-hydrogen) atoms. The molecular weight excluding hydrogens is 208 g/mol. The van der Waals surface area contributed by atoms with E-state index < -0.39 is 0 Å². The third-order valence-corrected chi connectivity index (χ3v) is 3.33. The van der Waals surface area contributed by atoms with Gasteiger partial charge in [0.2, 0.25) is 0 Å². The molecule has 1 aliphatic rings. The minimum Gasteiger partial charge on any atom is -0.295 e. The van der Waals surface area contributed by atoms with E-state index in [4.69, 9.17) is 0 Å². The number of rotatable bonds is 7. The Labute approximate surface area is 106 Å². The van der Waals surface area contributed by atoms with Crippen molar-refractivity contribution in [1.82, 2.24) is 0 Å². The van der Waals surface area contributed by atoms with Crippen molar-refractivity contribution >= 4 is 5.78 Å². The minimum atomic E-state index is 0.313. The molecule has 0 saturated carbocycles. The van der Waals surface area contributed by atoms with Crippen LogP contribution in [0.1, 0.15) is 71.6 Å². The van der Waals surface area contributed by atoms with Crippen molar-refractivity contribution in [3.05, 3.63) is 23.3 Å². The summed E-state index contributed by atoms with van der Waals surface area (Å²) in [6.07, 6.45) is 14.5. The highest BCUT2D eigenvalue weighted by Gasteiger charge is 2.08. The van der Waals surface area contributed by atoms with Crippen molar-refractivity contribution in [2.45, 2.75) is 71.6 Å². The maximum absolute atomic E-state index is 11.4. The zero-order valence-electron chi connectivity index (χ0n) is 11.4. The molecule has 1 heteroatoms. The Morgan fingerprint density at radius 2 is 1.82 bits per heavy atom. The van der Waals surface area contributed by atoms with Crippen LogP contribution in [-0.4, -0.2) is 5.78 Å². The smallest absolute Gasteiger partial charge is 0.155 e. The highest BCUT2D eigenvalue weighted by molar-refractivity contribution is 5.91. The number of hydrogen-bond donors (Lipinski definition) is 0. The average molecular weight is 234 g/mol.